The van der Waals surface area contributed by atoms with Crippen molar-refractivity contribution in [1.29, 1.82) is 0 Å². The van der Waals surface area contributed by atoms with Crippen LogP contribution in [0.3, 0.4) is 0 Å². The van der Waals surface area contributed by atoms with Crippen molar-refractivity contribution >= 4 is 5.97 Å². The number of carboxylic acids is 1. The number of aliphatic carboxylic acids is 1. The summed E-state index contributed by atoms with van der Waals surface area (Å²) < 4.78 is 21.6. The minimum absolute atomic E-state index is 0.0189. The maximum Gasteiger partial charge on any atom is 0.305 e. The molecular formula is C24H40O6. The zero-order valence-corrected chi connectivity index (χ0v) is 18.6. The highest BCUT2D eigenvalue weighted by Gasteiger charge is 1.99. The first-order valence-corrected chi connectivity index (χ1v) is 11.4. The molecule has 0 aromatic heterocycles. The van der Waals surface area contributed by atoms with E-state index >= 15 is 0 Å². The molecule has 0 bridgehead atoms. The van der Waals surface area contributed by atoms with Gasteiger partial charge in [0.25, 0.3) is 0 Å². The second-order valence-electron chi connectivity index (χ2n) is 7.34. The molecule has 0 aliphatic rings. The van der Waals surface area contributed by atoms with Gasteiger partial charge in [-0.25, -0.2) is 0 Å². The number of aryl methyl sites for hydroxylation is 1. The summed E-state index contributed by atoms with van der Waals surface area (Å²) in [5.74, 6) is 0.0163. The quantitative estimate of drug-likeness (QED) is 0.283. The zero-order valence-electron chi connectivity index (χ0n) is 18.6. The van der Waals surface area contributed by atoms with Gasteiger partial charge < -0.3 is 24.1 Å². The predicted octanol–water partition coefficient (Wildman–Crippen LogP) is 4.88. The first kappa shape index (κ1) is 26.4. The number of ether oxygens (including phenoxy) is 4. The Hall–Kier alpha value is -1.63. The average molecular weight is 425 g/mol. The van der Waals surface area contributed by atoms with Gasteiger partial charge in [-0.15, -0.1) is 0 Å². The third-order valence-corrected chi connectivity index (χ3v) is 4.69. The van der Waals surface area contributed by atoms with Crippen LogP contribution in [0.15, 0.2) is 24.3 Å². The molecular weight excluding hydrogens is 384 g/mol. The number of benzene rings is 1. The lowest BCUT2D eigenvalue weighted by atomic mass is 10.0. The van der Waals surface area contributed by atoms with Crippen LogP contribution in [-0.2, 0) is 25.4 Å². The average Bonchev–Trinajstić information content (AvgIpc) is 2.74. The minimum atomic E-state index is -0.856. The molecule has 0 radical (unpaired) electrons. The highest BCUT2D eigenvalue weighted by molar-refractivity contribution is 5.66. The lowest BCUT2D eigenvalue weighted by molar-refractivity contribution is -0.138. The van der Waals surface area contributed by atoms with Gasteiger partial charge in [-0.2, -0.15) is 0 Å². The highest BCUT2D eigenvalue weighted by atomic mass is 16.6. The van der Waals surface area contributed by atoms with Gasteiger partial charge in [0, 0.05) is 0 Å². The summed E-state index contributed by atoms with van der Waals surface area (Å²) in [6.45, 7) is 5.30. The number of carboxylic acid groups (broad SMARTS) is 1. The van der Waals surface area contributed by atoms with Gasteiger partial charge in [-0.3, -0.25) is 4.79 Å². The molecule has 0 amide bonds. The van der Waals surface area contributed by atoms with Crippen molar-refractivity contribution in [2.75, 3.05) is 46.2 Å². The number of hydrogen-bond donors (Lipinski definition) is 1. The summed E-state index contributed by atoms with van der Waals surface area (Å²) in [5, 5.41) is 8.47. The molecule has 30 heavy (non-hydrogen) atoms. The molecule has 0 atom stereocenters. The molecule has 172 valence electrons. The van der Waals surface area contributed by atoms with E-state index in [1.807, 2.05) is 12.1 Å². The maximum atomic E-state index is 10.3. The van der Waals surface area contributed by atoms with Crippen LogP contribution in [0.2, 0.25) is 0 Å². The maximum absolute atomic E-state index is 10.3. The van der Waals surface area contributed by atoms with Crippen LogP contribution in [-0.4, -0.2) is 57.3 Å². The summed E-state index contributed by atoms with van der Waals surface area (Å²) in [6, 6.07) is 8.37. The van der Waals surface area contributed by atoms with Crippen LogP contribution >= 0.6 is 0 Å². The monoisotopic (exact) mass is 424 g/mol. The second kappa shape index (κ2) is 19.3. The van der Waals surface area contributed by atoms with Crippen molar-refractivity contribution in [3.8, 4) is 5.75 Å². The van der Waals surface area contributed by atoms with Gasteiger partial charge in [-0.05, 0) is 30.5 Å². The van der Waals surface area contributed by atoms with Crippen LogP contribution in [0, 0.1) is 0 Å². The van der Waals surface area contributed by atoms with Gasteiger partial charge in [-0.1, -0.05) is 57.6 Å². The van der Waals surface area contributed by atoms with E-state index in [2.05, 4.69) is 19.1 Å². The topological polar surface area (TPSA) is 74.2 Å². The Kier molecular flexibility index (Phi) is 17.0. The fraction of sp³-hybridized carbons (Fsp3) is 0.708. The minimum Gasteiger partial charge on any atom is -0.491 e. The van der Waals surface area contributed by atoms with Crippen molar-refractivity contribution in [2.45, 2.75) is 64.7 Å². The molecule has 6 heteroatoms. The van der Waals surface area contributed by atoms with Gasteiger partial charge in [0.1, 0.15) is 12.4 Å². The van der Waals surface area contributed by atoms with Crippen molar-refractivity contribution in [3.63, 3.8) is 0 Å². The number of carbonyl (C=O) groups is 1. The molecule has 0 saturated heterocycles. The van der Waals surface area contributed by atoms with Crippen molar-refractivity contribution in [2.24, 2.45) is 0 Å². The van der Waals surface area contributed by atoms with Crippen molar-refractivity contribution in [3.05, 3.63) is 29.8 Å². The Balaban J connectivity index is 1.91. The Morgan fingerprint density at radius 2 is 1.27 bits per heavy atom. The first-order chi connectivity index (χ1) is 14.7. The van der Waals surface area contributed by atoms with E-state index < -0.39 is 5.97 Å². The number of hydrogen-bond acceptors (Lipinski definition) is 5. The van der Waals surface area contributed by atoms with Gasteiger partial charge in [0.05, 0.1) is 46.1 Å². The third-order valence-electron chi connectivity index (χ3n) is 4.69. The van der Waals surface area contributed by atoms with Crippen LogP contribution in [0.25, 0.3) is 0 Å². The van der Waals surface area contributed by atoms with Crippen LogP contribution in [0.4, 0.5) is 0 Å². The van der Waals surface area contributed by atoms with E-state index in [1.165, 1.54) is 50.5 Å². The largest absolute Gasteiger partial charge is 0.491 e. The Labute approximate surface area is 181 Å². The molecule has 0 aliphatic carbocycles. The lowest BCUT2D eigenvalue weighted by Crippen LogP contribution is -2.13. The molecule has 1 aromatic rings. The normalized spacial score (nSPS) is 11.0. The molecule has 1 N–H and O–H groups in total. The van der Waals surface area contributed by atoms with Gasteiger partial charge in [0.15, 0.2) is 0 Å². The second-order valence-corrected chi connectivity index (χ2v) is 7.34. The van der Waals surface area contributed by atoms with E-state index in [0.29, 0.717) is 39.6 Å². The van der Waals surface area contributed by atoms with Crippen molar-refractivity contribution in [1.82, 2.24) is 0 Å². The molecule has 6 nitrogen and oxygen atoms in total. The summed E-state index contributed by atoms with van der Waals surface area (Å²) in [7, 11) is 0. The van der Waals surface area contributed by atoms with Gasteiger partial charge >= 0.3 is 5.97 Å². The Morgan fingerprint density at radius 3 is 1.87 bits per heavy atom. The molecule has 0 fully saturated rings. The first-order valence-electron chi connectivity index (χ1n) is 11.4. The molecule has 0 aliphatic heterocycles. The lowest BCUT2D eigenvalue weighted by Gasteiger charge is -2.09. The van der Waals surface area contributed by atoms with Crippen LogP contribution < -0.4 is 4.74 Å². The van der Waals surface area contributed by atoms with E-state index in [4.69, 9.17) is 24.1 Å². The summed E-state index contributed by atoms with van der Waals surface area (Å²) in [5.41, 5.74) is 1.37. The van der Waals surface area contributed by atoms with Crippen LogP contribution in [0.1, 0.15) is 63.9 Å². The van der Waals surface area contributed by atoms with E-state index in [9.17, 15) is 4.79 Å². The molecule has 0 saturated carbocycles. The highest BCUT2D eigenvalue weighted by Crippen LogP contribution is 2.15. The Morgan fingerprint density at radius 1 is 0.733 bits per heavy atom. The molecule has 0 heterocycles. The smallest absolute Gasteiger partial charge is 0.305 e. The third kappa shape index (κ3) is 16.2. The van der Waals surface area contributed by atoms with Crippen molar-refractivity contribution < 1.29 is 28.8 Å². The van der Waals surface area contributed by atoms with Crippen LogP contribution in [0.5, 0.6) is 5.75 Å². The predicted molar refractivity (Wildman–Crippen MR) is 118 cm³/mol. The SMILES string of the molecule is CCCCCCCCCc1ccc(OCCOCCOCCOCCC(=O)O)cc1. The van der Waals surface area contributed by atoms with E-state index in [0.717, 1.165) is 12.2 Å². The van der Waals surface area contributed by atoms with E-state index in [-0.39, 0.29) is 13.0 Å². The molecule has 1 aromatic carbocycles. The van der Waals surface area contributed by atoms with E-state index in [1.54, 1.807) is 0 Å². The number of rotatable bonds is 21. The molecule has 0 spiro atoms. The zero-order chi connectivity index (χ0) is 21.7. The molecule has 1 rings (SSSR count). The summed E-state index contributed by atoms with van der Waals surface area (Å²) >= 11 is 0. The fourth-order valence-electron chi connectivity index (χ4n) is 2.96. The van der Waals surface area contributed by atoms with Gasteiger partial charge in [0.2, 0.25) is 0 Å². The summed E-state index contributed by atoms with van der Waals surface area (Å²) in [4.78, 5) is 10.3. The standard InChI is InChI=1S/C24H40O6/c1-2-3-4-5-6-7-8-9-22-10-12-23(13-11-22)30-21-20-29-19-18-28-17-16-27-15-14-24(25)26/h10-13H,2-9,14-21H2,1H3,(H,25,26). The Bertz CT molecular complexity index is 517. The fourth-order valence-corrected chi connectivity index (χ4v) is 2.96. The number of unbranched alkanes of at least 4 members (excludes halogenated alkanes) is 6. The molecule has 0 unspecified atom stereocenters. The summed E-state index contributed by atoms with van der Waals surface area (Å²) in [6.07, 6.45) is 10.5.